The van der Waals surface area contributed by atoms with Crippen LogP contribution in [0.25, 0.3) is 0 Å². The number of aromatic nitrogens is 1. The quantitative estimate of drug-likeness (QED) is 0.862. The number of pyridine rings is 1. The number of rotatable bonds is 4. The van der Waals surface area contributed by atoms with Gasteiger partial charge in [-0.25, -0.2) is 4.98 Å². The van der Waals surface area contributed by atoms with Crippen molar-refractivity contribution in [3.8, 4) is 0 Å². The van der Waals surface area contributed by atoms with Crippen LogP contribution in [0.3, 0.4) is 0 Å². The Kier molecular flexibility index (Phi) is 3.76. The van der Waals surface area contributed by atoms with E-state index in [0.717, 1.165) is 18.8 Å². The normalized spacial score (nSPS) is 10.2. The van der Waals surface area contributed by atoms with E-state index in [9.17, 15) is 0 Å². The first-order chi connectivity index (χ1) is 8.29. The van der Waals surface area contributed by atoms with Crippen LogP contribution in [0.1, 0.15) is 23.6 Å². The van der Waals surface area contributed by atoms with Gasteiger partial charge in [-0.2, -0.15) is 0 Å². The van der Waals surface area contributed by atoms with E-state index in [0.29, 0.717) is 0 Å². The summed E-state index contributed by atoms with van der Waals surface area (Å²) in [6, 6.07) is 12.6. The van der Waals surface area contributed by atoms with Crippen LogP contribution in [0.4, 0.5) is 5.82 Å². The number of anilines is 1. The van der Waals surface area contributed by atoms with Crippen LogP contribution in [-0.4, -0.2) is 4.98 Å². The number of benzene rings is 1. The molecule has 0 radical (unpaired) electrons. The summed E-state index contributed by atoms with van der Waals surface area (Å²) < 4.78 is 0. The SMILES string of the molecule is CCc1ccccc1CNc1cc(C)ccn1. The summed E-state index contributed by atoms with van der Waals surface area (Å²) >= 11 is 0. The maximum Gasteiger partial charge on any atom is 0.126 e. The molecular formula is C15H18N2. The minimum atomic E-state index is 0.834. The lowest BCUT2D eigenvalue weighted by atomic mass is 10.1. The smallest absolute Gasteiger partial charge is 0.126 e. The zero-order chi connectivity index (χ0) is 12.1. The van der Waals surface area contributed by atoms with E-state index >= 15 is 0 Å². The van der Waals surface area contributed by atoms with Crippen molar-refractivity contribution in [2.75, 3.05) is 5.32 Å². The highest BCUT2D eigenvalue weighted by atomic mass is 15.0. The lowest BCUT2D eigenvalue weighted by molar-refractivity contribution is 1.03. The van der Waals surface area contributed by atoms with Crippen LogP contribution >= 0.6 is 0 Å². The first kappa shape index (κ1) is 11.6. The zero-order valence-corrected chi connectivity index (χ0v) is 10.4. The largest absolute Gasteiger partial charge is 0.366 e. The number of nitrogens with one attached hydrogen (secondary N) is 1. The molecule has 17 heavy (non-hydrogen) atoms. The van der Waals surface area contributed by atoms with Gasteiger partial charge >= 0.3 is 0 Å². The van der Waals surface area contributed by atoms with E-state index in [1.165, 1.54) is 16.7 Å². The molecule has 0 aliphatic rings. The molecule has 2 rings (SSSR count). The van der Waals surface area contributed by atoms with Crippen LogP contribution in [0, 0.1) is 6.92 Å². The third-order valence-electron chi connectivity index (χ3n) is 2.87. The van der Waals surface area contributed by atoms with Crippen molar-refractivity contribution in [2.45, 2.75) is 26.8 Å². The molecule has 0 aliphatic heterocycles. The van der Waals surface area contributed by atoms with Gasteiger partial charge in [0.25, 0.3) is 0 Å². The monoisotopic (exact) mass is 226 g/mol. The van der Waals surface area contributed by atoms with Crippen molar-refractivity contribution in [1.29, 1.82) is 0 Å². The molecule has 0 atom stereocenters. The molecule has 1 N–H and O–H groups in total. The van der Waals surface area contributed by atoms with Crippen LogP contribution in [0.2, 0.25) is 0 Å². The summed E-state index contributed by atoms with van der Waals surface area (Å²) in [6.45, 7) is 5.09. The Morgan fingerprint density at radius 2 is 1.88 bits per heavy atom. The van der Waals surface area contributed by atoms with Gasteiger partial charge in [-0.15, -0.1) is 0 Å². The fourth-order valence-corrected chi connectivity index (χ4v) is 1.89. The summed E-state index contributed by atoms with van der Waals surface area (Å²) in [4.78, 5) is 4.30. The van der Waals surface area contributed by atoms with Crippen LogP contribution in [0.5, 0.6) is 0 Å². The molecule has 2 aromatic rings. The topological polar surface area (TPSA) is 24.9 Å². The van der Waals surface area contributed by atoms with Crippen molar-refractivity contribution in [3.63, 3.8) is 0 Å². The highest BCUT2D eigenvalue weighted by Crippen LogP contribution is 2.12. The molecule has 0 amide bonds. The minimum Gasteiger partial charge on any atom is -0.366 e. The highest BCUT2D eigenvalue weighted by molar-refractivity contribution is 5.39. The van der Waals surface area contributed by atoms with Gasteiger partial charge in [-0.3, -0.25) is 0 Å². The number of hydrogen-bond acceptors (Lipinski definition) is 2. The van der Waals surface area contributed by atoms with Crippen molar-refractivity contribution in [2.24, 2.45) is 0 Å². The first-order valence-electron chi connectivity index (χ1n) is 6.03. The average Bonchev–Trinajstić information content (AvgIpc) is 2.37. The van der Waals surface area contributed by atoms with Gasteiger partial charge < -0.3 is 5.32 Å². The second-order valence-corrected chi connectivity index (χ2v) is 4.19. The Balaban J connectivity index is 2.07. The van der Waals surface area contributed by atoms with Crippen molar-refractivity contribution in [3.05, 3.63) is 59.3 Å². The highest BCUT2D eigenvalue weighted by Gasteiger charge is 2.00. The van der Waals surface area contributed by atoms with Crippen molar-refractivity contribution in [1.82, 2.24) is 4.98 Å². The van der Waals surface area contributed by atoms with E-state index in [4.69, 9.17) is 0 Å². The molecule has 0 aliphatic carbocycles. The third kappa shape index (κ3) is 3.06. The van der Waals surface area contributed by atoms with Crippen LogP contribution < -0.4 is 5.32 Å². The Morgan fingerprint density at radius 3 is 2.59 bits per heavy atom. The fraction of sp³-hybridized carbons (Fsp3) is 0.267. The number of aryl methyl sites for hydroxylation is 2. The Morgan fingerprint density at radius 1 is 1.12 bits per heavy atom. The molecular weight excluding hydrogens is 208 g/mol. The van der Waals surface area contributed by atoms with Crippen LogP contribution in [-0.2, 0) is 13.0 Å². The predicted octanol–water partition coefficient (Wildman–Crippen LogP) is 3.56. The molecule has 88 valence electrons. The van der Waals surface area contributed by atoms with Gasteiger partial charge in [0.15, 0.2) is 0 Å². The Labute approximate surface area is 103 Å². The van der Waals surface area contributed by atoms with Gasteiger partial charge in [0.2, 0.25) is 0 Å². The number of hydrogen-bond donors (Lipinski definition) is 1. The van der Waals surface area contributed by atoms with E-state index < -0.39 is 0 Å². The Hall–Kier alpha value is -1.83. The van der Waals surface area contributed by atoms with Crippen molar-refractivity contribution >= 4 is 5.82 Å². The standard InChI is InChI=1S/C15H18N2/c1-3-13-6-4-5-7-14(13)11-17-15-10-12(2)8-9-16-15/h4-10H,3,11H2,1-2H3,(H,16,17). The number of nitrogens with zero attached hydrogens (tertiary/aromatic N) is 1. The van der Waals surface area contributed by atoms with E-state index in [-0.39, 0.29) is 0 Å². The summed E-state index contributed by atoms with van der Waals surface area (Å²) in [7, 11) is 0. The first-order valence-corrected chi connectivity index (χ1v) is 6.03. The summed E-state index contributed by atoms with van der Waals surface area (Å²) in [5, 5.41) is 3.37. The second-order valence-electron chi connectivity index (χ2n) is 4.19. The van der Waals surface area contributed by atoms with Crippen LogP contribution in [0.15, 0.2) is 42.6 Å². The average molecular weight is 226 g/mol. The molecule has 0 saturated carbocycles. The van der Waals surface area contributed by atoms with Gasteiger partial charge in [0.05, 0.1) is 0 Å². The molecule has 1 aromatic heterocycles. The Bertz CT molecular complexity index is 492. The summed E-state index contributed by atoms with van der Waals surface area (Å²) in [5.41, 5.74) is 3.97. The van der Waals surface area contributed by atoms with Crippen molar-refractivity contribution < 1.29 is 0 Å². The molecule has 2 heteroatoms. The molecule has 0 fully saturated rings. The molecule has 1 heterocycles. The lowest BCUT2D eigenvalue weighted by Crippen LogP contribution is -2.03. The fourth-order valence-electron chi connectivity index (χ4n) is 1.89. The zero-order valence-electron chi connectivity index (χ0n) is 10.4. The molecule has 2 nitrogen and oxygen atoms in total. The molecule has 0 spiro atoms. The molecule has 0 unspecified atom stereocenters. The lowest BCUT2D eigenvalue weighted by Gasteiger charge is -2.09. The van der Waals surface area contributed by atoms with E-state index in [1.54, 1.807) is 0 Å². The van der Waals surface area contributed by atoms with Gasteiger partial charge in [-0.1, -0.05) is 31.2 Å². The van der Waals surface area contributed by atoms with Gasteiger partial charge in [-0.05, 0) is 42.2 Å². The maximum atomic E-state index is 4.30. The third-order valence-corrected chi connectivity index (χ3v) is 2.87. The molecule has 0 bridgehead atoms. The molecule has 1 aromatic carbocycles. The van der Waals surface area contributed by atoms with E-state index in [1.807, 2.05) is 12.3 Å². The summed E-state index contributed by atoms with van der Waals surface area (Å²) in [5.74, 6) is 0.941. The minimum absolute atomic E-state index is 0.834. The molecule has 0 saturated heterocycles. The maximum absolute atomic E-state index is 4.30. The van der Waals surface area contributed by atoms with E-state index in [2.05, 4.69) is 54.5 Å². The van der Waals surface area contributed by atoms with Gasteiger partial charge in [0, 0.05) is 12.7 Å². The predicted molar refractivity (Wildman–Crippen MR) is 72.1 cm³/mol. The second kappa shape index (κ2) is 5.48. The van der Waals surface area contributed by atoms with Gasteiger partial charge in [0.1, 0.15) is 5.82 Å². The summed E-state index contributed by atoms with van der Waals surface area (Å²) in [6.07, 6.45) is 2.91.